The van der Waals surface area contributed by atoms with Crippen LogP contribution >= 0.6 is 23.5 Å². The minimum absolute atomic E-state index is 0.344. The zero-order valence-electron chi connectivity index (χ0n) is 7.02. The Morgan fingerprint density at radius 2 is 1.92 bits per heavy atom. The highest BCUT2D eigenvalue weighted by molar-refractivity contribution is 8.03. The number of carboxylic acid groups (broad SMARTS) is 1. The van der Waals surface area contributed by atoms with Crippen LogP contribution in [0.2, 0.25) is 0 Å². The van der Waals surface area contributed by atoms with Crippen molar-refractivity contribution < 1.29 is 9.90 Å². The van der Waals surface area contributed by atoms with Crippen LogP contribution in [-0.4, -0.2) is 45.3 Å². The molecule has 0 aromatic carbocycles. The van der Waals surface area contributed by atoms with Gasteiger partial charge in [-0.1, -0.05) is 0 Å². The number of hydrogen-bond acceptors (Lipinski definition) is 4. The predicted molar refractivity (Wildman–Crippen MR) is 53.6 cm³/mol. The Balaban J connectivity index is 2.42. The van der Waals surface area contributed by atoms with Crippen LogP contribution in [0.1, 0.15) is 6.92 Å². The van der Waals surface area contributed by atoms with Crippen molar-refractivity contribution in [3.63, 3.8) is 0 Å². The van der Waals surface area contributed by atoms with Crippen molar-refractivity contribution in [2.45, 2.75) is 13.0 Å². The van der Waals surface area contributed by atoms with E-state index in [1.807, 2.05) is 28.4 Å². The Kier molecular flexibility index (Phi) is 4.25. The van der Waals surface area contributed by atoms with Gasteiger partial charge in [-0.15, -0.1) is 23.5 Å². The number of nitrogens with zero attached hydrogens (tertiary/aromatic N) is 1. The van der Waals surface area contributed by atoms with Crippen molar-refractivity contribution in [2.24, 2.45) is 0 Å². The van der Waals surface area contributed by atoms with E-state index in [2.05, 4.69) is 0 Å². The summed E-state index contributed by atoms with van der Waals surface area (Å²) in [5, 5.41) is 8.77. The van der Waals surface area contributed by atoms with Crippen LogP contribution in [0.15, 0.2) is 0 Å². The predicted octanol–water partition coefficient (Wildman–Crippen LogP) is 1.16. The van der Waals surface area contributed by atoms with Crippen molar-refractivity contribution in [2.75, 3.05) is 23.3 Å². The molecule has 0 aromatic rings. The first-order valence-corrected chi connectivity index (χ1v) is 6.15. The smallest absolute Gasteiger partial charge is 0.320 e. The summed E-state index contributed by atoms with van der Waals surface area (Å²) in [5.41, 5.74) is 0. The molecule has 1 atom stereocenters. The third-order valence-corrected chi connectivity index (χ3v) is 4.06. The van der Waals surface area contributed by atoms with Crippen LogP contribution < -0.4 is 0 Å². The van der Waals surface area contributed by atoms with Gasteiger partial charge in [-0.3, -0.25) is 9.69 Å². The summed E-state index contributed by atoms with van der Waals surface area (Å²) in [6.07, 6.45) is 0. The summed E-state index contributed by atoms with van der Waals surface area (Å²) in [6, 6.07) is -0.344. The molecule has 5 heteroatoms. The molecule has 0 radical (unpaired) electrons. The van der Waals surface area contributed by atoms with Crippen LogP contribution in [0.3, 0.4) is 0 Å². The number of aliphatic carboxylic acids is 1. The molecule has 0 unspecified atom stereocenters. The van der Waals surface area contributed by atoms with Gasteiger partial charge in [-0.2, -0.15) is 0 Å². The SMILES string of the molecule is C[C@@H](C(=O)O)N1CSCCSC1. The van der Waals surface area contributed by atoms with E-state index < -0.39 is 5.97 Å². The van der Waals surface area contributed by atoms with Crippen molar-refractivity contribution in [1.29, 1.82) is 0 Å². The molecule has 1 N–H and O–H groups in total. The minimum atomic E-state index is -0.724. The third-order valence-electron chi connectivity index (χ3n) is 1.79. The Hall–Kier alpha value is 0.130. The number of thioether (sulfide) groups is 2. The standard InChI is InChI=1S/C7H13NO2S2/c1-6(7(9)10)8-4-11-2-3-12-5-8/h6H,2-5H2,1H3,(H,9,10)/t6-/m0/s1. The van der Waals surface area contributed by atoms with Crippen LogP contribution in [0.25, 0.3) is 0 Å². The summed E-state index contributed by atoms with van der Waals surface area (Å²) in [7, 11) is 0. The molecule has 0 aliphatic carbocycles. The first kappa shape index (κ1) is 10.2. The molecule has 1 fully saturated rings. The second-order valence-corrected chi connectivity index (χ2v) is 4.83. The Bertz CT molecular complexity index is 157. The lowest BCUT2D eigenvalue weighted by molar-refractivity contribution is -0.141. The summed E-state index contributed by atoms with van der Waals surface area (Å²) in [4.78, 5) is 12.6. The number of carbonyl (C=O) groups is 1. The Morgan fingerprint density at radius 3 is 2.33 bits per heavy atom. The largest absolute Gasteiger partial charge is 0.480 e. The minimum Gasteiger partial charge on any atom is -0.480 e. The third kappa shape index (κ3) is 2.88. The maximum absolute atomic E-state index is 10.7. The highest BCUT2D eigenvalue weighted by Crippen LogP contribution is 2.18. The van der Waals surface area contributed by atoms with Gasteiger partial charge < -0.3 is 5.11 Å². The highest BCUT2D eigenvalue weighted by Gasteiger charge is 2.21. The van der Waals surface area contributed by atoms with Gasteiger partial charge in [0.15, 0.2) is 0 Å². The van der Waals surface area contributed by atoms with E-state index in [9.17, 15) is 4.79 Å². The molecule has 0 spiro atoms. The zero-order valence-corrected chi connectivity index (χ0v) is 8.66. The zero-order chi connectivity index (χ0) is 8.97. The number of hydrogen-bond donors (Lipinski definition) is 1. The maximum atomic E-state index is 10.7. The van der Waals surface area contributed by atoms with Gasteiger partial charge in [0.2, 0.25) is 0 Å². The van der Waals surface area contributed by atoms with E-state index in [1.165, 1.54) is 0 Å². The molecule has 0 bridgehead atoms. The van der Waals surface area contributed by atoms with Gasteiger partial charge in [0.1, 0.15) is 6.04 Å². The van der Waals surface area contributed by atoms with E-state index in [0.717, 1.165) is 23.3 Å². The van der Waals surface area contributed by atoms with Crippen molar-refractivity contribution in [3.05, 3.63) is 0 Å². The highest BCUT2D eigenvalue weighted by atomic mass is 32.2. The normalized spacial score (nSPS) is 23.1. The molecule has 1 aliphatic heterocycles. The average Bonchev–Trinajstić information content (AvgIpc) is 2.30. The van der Waals surface area contributed by atoms with Gasteiger partial charge in [0, 0.05) is 23.3 Å². The van der Waals surface area contributed by atoms with Crippen LogP contribution in [0.4, 0.5) is 0 Å². The number of rotatable bonds is 2. The summed E-state index contributed by atoms with van der Waals surface area (Å²) in [6.45, 7) is 1.74. The fourth-order valence-corrected chi connectivity index (χ4v) is 3.31. The van der Waals surface area contributed by atoms with E-state index in [1.54, 1.807) is 6.92 Å². The van der Waals surface area contributed by atoms with E-state index in [-0.39, 0.29) is 6.04 Å². The lowest BCUT2D eigenvalue weighted by Crippen LogP contribution is -2.37. The van der Waals surface area contributed by atoms with Crippen molar-refractivity contribution in [3.8, 4) is 0 Å². The first-order chi connectivity index (χ1) is 5.72. The molecule has 0 amide bonds. The molecule has 0 saturated carbocycles. The average molecular weight is 207 g/mol. The molecule has 1 rings (SSSR count). The second kappa shape index (κ2) is 4.99. The van der Waals surface area contributed by atoms with Crippen LogP contribution in [0, 0.1) is 0 Å². The fourth-order valence-electron chi connectivity index (χ4n) is 0.899. The van der Waals surface area contributed by atoms with Crippen molar-refractivity contribution >= 4 is 29.5 Å². The second-order valence-electron chi connectivity index (χ2n) is 2.68. The Labute approximate surface area is 80.9 Å². The van der Waals surface area contributed by atoms with Crippen LogP contribution in [0.5, 0.6) is 0 Å². The molecule has 1 saturated heterocycles. The molecular formula is C7H13NO2S2. The van der Waals surface area contributed by atoms with Gasteiger partial charge in [0.25, 0.3) is 0 Å². The molecular weight excluding hydrogens is 194 g/mol. The molecule has 1 aliphatic rings. The van der Waals surface area contributed by atoms with Gasteiger partial charge in [-0.25, -0.2) is 0 Å². The maximum Gasteiger partial charge on any atom is 0.320 e. The van der Waals surface area contributed by atoms with E-state index in [0.29, 0.717) is 0 Å². The summed E-state index contributed by atoms with van der Waals surface area (Å²) >= 11 is 3.62. The summed E-state index contributed by atoms with van der Waals surface area (Å²) < 4.78 is 0. The molecule has 12 heavy (non-hydrogen) atoms. The van der Waals surface area contributed by atoms with Crippen molar-refractivity contribution in [1.82, 2.24) is 4.90 Å². The lowest BCUT2D eigenvalue weighted by Gasteiger charge is -2.22. The van der Waals surface area contributed by atoms with Gasteiger partial charge in [-0.05, 0) is 6.92 Å². The fraction of sp³-hybridized carbons (Fsp3) is 0.857. The lowest BCUT2D eigenvalue weighted by atomic mass is 10.3. The van der Waals surface area contributed by atoms with E-state index in [4.69, 9.17) is 5.11 Å². The number of carboxylic acids is 1. The van der Waals surface area contributed by atoms with Gasteiger partial charge >= 0.3 is 5.97 Å². The molecule has 3 nitrogen and oxygen atoms in total. The molecule has 70 valence electrons. The quantitative estimate of drug-likeness (QED) is 0.735. The van der Waals surface area contributed by atoms with Gasteiger partial charge in [0.05, 0.1) is 0 Å². The molecule has 1 heterocycles. The Morgan fingerprint density at radius 1 is 1.42 bits per heavy atom. The first-order valence-electron chi connectivity index (χ1n) is 3.84. The van der Waals surface area contributed by atoms with E-state index >= 15 is 0 Å². The van der Waals surface area contributed by atoms with Crippen LogP contribution in [-0.2, 0) is 4.79 Å². The molecule has 0 aromatic heterocycles. The monoisotopic (exact) mass is 207 g/mol. The summed E-state index contributed by atoms with van der Waals surface area (Å²) in [5.74, 6) is 3.24. The topological polar surface area (TPSA) is 40.5 Å².